The lowest BCUT2D eigenvalue weighted by atomic mass is 10.1. The van der Waals surface area contributed by atoms with Crippen LogP contribution in [0.15, 0.2) is 33.9 Å². The van der Waals surface area contributed by atoms with Crippen LogP contribution in [0.25, 0.3) is 0 Å². The zero-order valence-corrected chi connectivity index (χ0v) is 13.5. The maximum Gasteiger partial charge on any atom is 1.00 e. The fourth-order valence-electron chi connectivity index (χ4n) is 1.42. The van der Waals surface area contributed by atoms with Crippen molar-refractivity contribution in [3.8, 4) is 0 Å². The first-order chi connectivity index (χ1) is 9.06. The Morgan fingerprint density at radius 1 is 1.30 bits per heavy atom. The molecule has 1 aromatic heterocycles. The Morgan fingerprint density at radius 2 is 1.95 bits per heavy atom. The third kappa shape index (κ3) is 4.66. The molecule has 110 valence electrons. The smallest absolute Gasteiger partial charge is 1.00 e. The largest absolute Gasteiger partial charge is 1.00 e. The van der Waals surface area contributed by atoms with E-state index in [4.69, 9.17) is 21.8 Å². The van der Waals surface area contributed by atoms with Gasteiger partial charge in [-0.25, -0.2) is 0 Å². The summed E-state index contributed by atoms with van der Waals surface area (Å²) in [7, 11) is 0. The summed E-state index contributed by atoms with van der Waals surface area (Å²) >= 11 is 7.33. The lowest BCUT2D eigenvalue weighted by molar-refractivity contribution is -0.00000470. The first kappa shape index (κ1) is 17.3. The maximum absolute atomic E-state index is 5.95. The molecule has 0 aliphatic carbocycles. The van der Waals surface area contributed by atoms with Crippen LogP contribution >= 0.6 is 23.4 Å². The van der Waals surface area contributed by atoms with E-state index in [1.165, 1.54) is 11.8 Å². The highest BCUT2D eigenvalue weighted by molar-refractivity contribution is 7.98. The molecular formula is C13H17Cl2N3OS. The molecule has 0 bridgehead atoms. The Morgan fingerprint density at radius 3 is 2.55 bits per heavy atom. The van der Waals surface area contributed by atoms with Crippen LogP contribution in [-0.4, -0.2) is 10.2 Å². The molecule has 0 radical (unpaired) electrons. The van der Waals surface area contributed by atoms with Crippen LogP contribution in [0.3, 0.4) is 0 Å². The fourth-order valence-corrected chi connectivity index (χ4v) is 2.28. The molecule has 0 unspecified atom stereocenters. The van der Waals surface area contributed by atoms with E-state index < -0.39 is 0 Å². The molecule has 0 aliphatic rings. The molecule has 2 rings (SSSR count). The Balaban J connectivity index is 0.00000200. The molecule has 0 aliphatic heterocycles. The van der Waals surface area contributed by atoms with Gasteiger partial charge in [-0.15, -0.1) is 10.2 Å². The van der Waals surface area contributed by atoms with Gasteiger partial charge in [0.15, 0.2) is 0 Å². The fraction of sp³-hybridized carbons (Fsp3) is 0.385. The van der Waals surface area contributed by atoms with E-state index in [0.717, 1.165) is 16.3 Å². The molecule has 0 amide bonds. The van der Waals surface area contributed by atoms with E-state index in [-0.39, 0.29) is 25.8 Å². The predicted octanol–water partition coefficient (Wildman–Crippen LogP) is 0.788. The van der Waals surface area contributed by atoms with E-state index >= 15 is 0 Å². The normalized spacial score (nSPS) is 12.2. The zero-order valence-electron chi connectivity index (χ0n) is 12.2. The van der Waals surface area contributed by atoms with Crippen molar-refractivity contribution in [1.82, 2.24) is 10.2 Å². The van der Waals surface area contributed by atoms with E-state index in [2.05, 4.69) is 10.2 Å². The first-order valence-corrected chi connectivity index (χ1v) is 7.39. The average molecular weight is 334 g/mol. The Labute approximate surface area is 135 Å². The Hall–Kier alpha value is -0.750. The van der Waals surface area contributed by atoms with Gasteiger partial charge in [0.2, 0.25) is 5.89 Å². The monoisotopic (exact) mass is 333 g/mol. The van der Waals surface area contributed by atoms with Crippen molar-refractivity contribution in [2.24, 2.45) is 11.7 Å². The summed E-state index contributed by atoms with van der Waals surface area (Å²) < 4.78 is 5.54. The molecule has 0 saturated carbocycles. The van der Waals surface area contributed by atoms with Crippen LogP contribution in [0.2, 0.25) is 5.02 Å². The topological polar surface area (TPSA) is 64.9 Å². The van der Waals surface area contributed by atoms with Crippen molar-refractivity contribution in [2.75, 3.05) is 0 Å². The van der Waals surface area contributed by atoms with E-state index in [1.54, 1.807) is 0 Å². The average Bonchev–Trinajstić information content (AvgIpc) is 2.86. The van der Waals surface area contributed by atoms with Crippen LogP contribution in [0.1, 0.15) is 32.8 Å². The minimum atomic E-state index is -0.211. The van der Waals surface area contributed by atoms with Gasteiger partial charge in [0.1, 0.15) is 0 Å². The number of halogens is 2. The summed E-state index contributed by atoms with van der Waals surface area (Å²) in [6.07, 6.45) is 0. The van der Waals surface area contributed by atoms with Gasteiger partial charge in [0.05, 0.1) is 6.04 Å². The highest BCUT2D eigenvalue weighted by atomic mass is 35.5. The predicted molar refractivity (Wildman–Crippen MR) is 78.2 cm³/mol. The molecule has 2 N–H and O–H groups in total. The number of aromatic nitrogens is 2. The summed E-state index contributed by atoms with van der Waals surface area (Å²) in [6, 6.07) is 7.48. The van der Waals surface area contributed by atoms with Gasteiger partial charge in [-0.1, -0.05) is 49.3 Å². The number of hydrogen-bond donors (Lipinski definition) is 1. The first-order valence-electron chi connectivity index (χ1n) is 6.02. The van der Waals surface area contributed by atoms with Crippen LogP contribution in [0.4, 0.5) is 0 Å². The molecule has 1 heterocycles. The van der Waals surface area contributed by atoms with Crippen molar-refractivity contribution in [3.05, 3.63) is 40.7 Å². The molecule has 1 atom stereocenters. The third-order valence-corrected chi connectivity index (χ3v) is 3.84. The van der Waals surface area contributed by atoms with Crippen molar-refractivity contribution < 1.29 is 18.3 Å². The molecule has 7 heteroatoms. The molecule has 1 aromatic carbocycles. The lowest BCUT2D eigenvalue weighted by Gasteiger charge is -2.09. The van der Waals surface area contributed by atoms with Crippen molar-refractivity contribution >= 4 is 23.4 Å². The maximum atomic E-state index is 5.95. The second-order valence-electron chi connectivity index (χ2n) is 4.59. The number of benzene rings is 1. The molecule has 0 saturated heterocycles. The summed E-state index contributed by atoms with van der Waals surface area (Å²) in [5.41, 5.74) is 7.11. The zero-order chi connectivity index (χ0) is 13.8. The van der Waals surface area contributed by atoms with Gasteiger partial charge in [-0.2, -0.15) is 0 Å². The minimum Gasteiger partial charge on any atom is -1.00 e. The van der Waals surface area contributed by atoms with Crippen LogP contribution in [0.5, 0.6) is 0 Å². The quantitative estimate of drug-likeness (QED) is 0.819. The van der Waals surface area contributed by atoms with Crippen LogP contribution in [0, 0.1) is 5.92 Å². The molecular weight excluding hydrogens is 317 g/mol. The number of nitrogens with two attached hydrogens (primary N) is 1. The highest BCUT2D eigenvalue weighted by Gasteiger charge is 2.17. The van der Waals surface area contributed by atoms with E-state index in [9.17, 15) is 0 Å². The molecule has 4 nitrogen and oxygen atoms in total. The molecule has 2 aromatic rings. The van der Waals surface area contributed by atoms with Gasteiger partial charge in [0, 0.05) is 10.8 Å². The molecule has 20 heavy (non-hydrogen) atoms. The van der Waals surface area contributed by atoms with Crippen molar-refractivity contribution in [3.63, 3.8) is 0 Å². The van der Waals surface area contributed by atoms with E-state index in [1.807, 2.05) is 38.1 Å². The standard InChI is InChI=1S/C13H16ClN3OS.ClH/c1-8(2)11(15)12-16-17-13(18-12)19-7-9-3-5-10(14)6-4-9;/h3-6,8,11H,7,15H2,1-2H3;1H/t11-;/m0./s1. The third-order valence-electron chi connectivity index (χ3n) is 2.70. The summed E-state index contributed by atoms with van der Waals surface area (Å²) in [5.74, 6) is 1.53. The SMILES string of the molecule is CC(C)[C@H](N)c1nnc(SCc2ccc(Cl)cc2)o1.[Cl-].[H+]. The van der Waals surface area contributed by atoms with Crippen LogP contribution in [-0.2, 0) is 5.75 Å². The highest BCUT2D eigenvalue weighted by Crippen LogP contribution is 2.25. The molecule has 0 spiro atoms. The number of rotatable bonds is 5. The summed E-state index contributed by atoms with van der Waals surface area (Å²) in [5, 5.41) is 9.25. The van der Waals surface area contributed by atoms with Gasteiger partial charge in [-0.3, -0.25) is 0 Å². The van der Waals surface area contributed by atoms with Crippen molar-refractivity contribution in [2.45, 2.75) is 30.9 Å². The second-order valence-corrected chi connectivity index (χ2v) is 5.95. The lowest BCUT2D eigenvalue weighted by Crippen LogP contribution is -3.00. The van der Waals surface area contributed by atoms with Gasteiger partial charge < -0.3 is 22.6 Å². The van der Waals surface area contributed by atoms with Crippen molar-refractivity contribution in [1.29, 1.82) is 0 Å². The van der Waals surface area contributed by atoms with Gasteiger partial charge in [0.25, 0.3) is 5.22 Å². The Bertz CT molecular complexity index is 536. The summed E-state index contributed by atoms with van der Waals surface area (Å²) in [4.78, 5) is 0. The summed E-state index contributed by atoms with van der Waals surface area (Å²) in [6.45, 7) is 4.05. The van der Waals surface area contributed by atoms with Gasteiger partial charge >= 0.3 is 1.43 Å². The minimum absolute atomic E-state index is 0. The molecule has 0 fully saturated rings. The van der Waals surface area contributed by atoms with Gasteiger partial charge in [-0.05, 0) is 23.6 Å². The van der Waals surface area contributed by atoms with Crippen LogP contribution < -0.4 is 18.1 Å². The number of hydrogen-bond acceptors (Lipinski definition) is 5. The van der Waals surface area contributed by atoms with E-state index in [0.29, 0.717) is 11.1 Å². The number of nitrogens with zero attached hydrogens (tertiary/aromatic N) is 2. The number of thioether (sulfide) groups is 1. The second kappa shape index (κ2) is 7.88. The Kier molecular flexibility index (Phi) is 6.82.